The zero-order chi connectivity index (χ0) is 25.6. The minimum Gasteiger partial charge on any atom is -0.352 e. The summed E-state index contributed by atoms with van der Waals surface area (Å²) in [5, 5.41) is 6.19. The van der Waals surface area contributed by atoms with Gasteiger partial charge in [-0.3, -0.25) is 14.4 Å². The predicted octanol–water partition coefficient (Wildman–Crippen LogP) is 2.49. The number of unbranched alkanes of at least 4 members (excludes halogenated alkanes) is 2. The van der Waals surface area contributed by atoms with E-state index >= 15 is 0 Å². The molecule has 0 rings (SSSR count). The molecule has 9 nitrogen and oxygen atoms in total. The van der Waals surface area contributed by atoms with Gasteiger partial charge in [0, 0.05) is 36.6 Å². The molecule has 0 aliphatic heterocycles. The zero-order valence-corrected chi connectivity index (χ0v) is 21.2. The van der Waals surface area contributed by atoms with E-state index in [1.165, 1.54) is 0 Å². The van der Waals surface area contributed by atoms with Gasteiger partial charge in [0.1, 0.15) is 5.78 Å². The number of ketones is 2. The monoisotopic (exact) mass is 487 g/mol. The van der Waals surface area contributed by atoms with E-state index in [-0.39, 0.29) is 47.9 Å². The molecule has 0 saturated heterocycles. The highest BCUT2D eigenvalue weighted by molar-refractivity contribution is 7.94. The number of hydrogen-bond donors (Lipinski definition) is 3. The van der Waals surface area contributed by atoms with Gasteiger partial charge < -0.3 is 16.4 Å². The number of amides is 3. The van der Waals surface area contributed by atoms with E-state index < -0.39 is 27.8 Å². The Kier molecular flexibility index (Phi) is 14.5. The molecule has 190 valence electrons. The fraction of sp³-hybridized carbons (Fsp3) is 0.739. The van der Waals surface area contributed by atoms with Crippen LogP contribution in [-0.4, -0.2) is 50.3 Å². The topological polar surface area (TPSA) is 152 Å². The van der Waals surface area contributed by atoms with Crippen molar-refractivity contribution in [3.8, 4) is 0 Å². The second-order valence-electron chi connectivity index (χ2n) is 8.99. The Morgan fingerprint density at radius 2 is 1.64 bits per heavy atom. The first-order valence-electron chi connectivity index (χ1n) is 11.5. The number of rotatable bonds is 18. The molecule has 0 bridgehead atoms. The summed E-state index contributed by atoms with van der Waals surface area (Å²) in [6, 6.07) is -1.34. The summed E-state index contributed by atoms with van der Waals surface area (Å²) in [7, 11) is -3.24. The number of sulfone groups is 1. The van der Waals surface area contributed by atoms with Crippen molar-refractivity contribution in [1.82, 2.24) is 10.6 Å². The smallest absolute Gasteiger partial charge is 0.312 e. The summed E-state index contributed by atoms with van der Waals surface area (Å²) in [6.45, 7) is 10.8. The van der Waals surface area contributed by atoms with Gasteiger partial charge in [-0.2, -0.15) is 0 Å². The molecular formula is C23H41N3O6S. The maximum absolute atomic E-state index is 13.0. The van der Waals surface area contributed by atoms with Crippen LogP contribution in [0.5, 0.6) is 0 Å². The zero-order valence-electron chi connectivity index (χ0n) is 20.4. The molecule has 0 fully saturated rings. The highest BCUT2D eigenvalue weighted by Gasteiger charge is 2.30. The number of primary amides is 1. The maximum atomic E-state index is 13.0. The molecule has 0 heterocycles. The fourth-order valence-electron chi connectivity index (χ4n) is 3.46. The first kappa shape index (κ1) is 30.8. The molecular weight excluding hydrogens is 446 g/mol. The van der Waals surface area contributed by atoms with E-state index in [2.05, 4.69) is 17.2 Å². The number of carbonyl (C=O) groups is 4. The predicted molar refractivity (Wildman–Crippen MR) is 129 cm³/mol. The lowest BCUT2D eigenvalue weighted by molar-refractivity contribution is -0.133. The van der Waals surface area contributed by atoms with Crippen molar-refractivity contribution in [3.63, 3.8) is 0 Å². The van der Waals surface area contributed by atoms with Gasteiger partial charge >= 0.3 is 6.03 Å². The summed E-state index contributed by atoms with van der Waals surface area (Å²) in [5.41, 5.74) is 5.05. The van der Waals surface area contributed by atoms with Crippen molar-refractivity contribution in [2.75, 3.05) is 12.3 Å². The van der Waals surface area contributed by atoms with Crippen molar-refractivity contribution in [3.05, 3.63) is 12.0 Å². The lowest BCUT2D eigenvalue weighted by atomic mass is 9.84. The standard InChI is InChI=1S/C23H41N3O6S/c1-6-33(31,32)14-9-7-8-12-20(28)26-21(16(2)3)19(27)15-18(22(29)17(4)5)11-10-13-25-23(24)30/h6,16-18,21H,1,7-15H2,2-5H3,(H,26,28)(H3,24,25,30)/t18-,21+/m0/s1. The third-order valence-corrected chi connectivity index (χ3v) is 6.73. The molecule has 0 unspecified atom stereocenters. The first-order valence-corrected chi connectivity index (χ1v) is 13.3. The number of nitrogens with two attached hydrogens (primary N) is 1. The van der Waals surface area contributed by atoms with Gasteiger partial charge in [0.15, 0.2) is 15.6 Å². The molecule has 0 aromatic heterocycles. The average molecular weight is 488 g/mol. The highest BCUT2D eigenvalue weighted by Crippen LogP contribution is 2.20. The molecule has 3 amide bonds. The Morgan fingerprint density at radius 3 is 2.15 bits per heavy atom. The summed E-state index contributed by atoms with van der Waals surface area (Å²) in [4.78, 5) is 48.8. The SMILES string of the molecule is C=CS(=O)(=O)CCCCCC(=O)N[C@@H](C(=O)C[C@H](CCCNC(N)=O)C(=O)C(C)C)C(C)C. The van der Waals surface area contributed by atoms with Gasteiger partial charge in [0.25, 0.3) is 0 Å². The van der Waals surface area contributed by atoms with Crippen molar-refractivity contribution in [2.45, 2.75) is 78.7 Å². The van der Waals surface area contributed by atoms with Crippen molar-refractivity contribution in [2.24, 2.45) is 23.5 Å². The lowest BCUT2D eigenvalue weighted by Gasteiger charge is -2.24. The van der Waals surface area contributed by atoms with Crippen molar-refractivity contribution in [1.29, 1.82) is 0 Å². The van der Waals surface area contributed by atoms with E-state index in [1.54, 1.807) is 13.8 Å². The van der Waals surface area contributed by atoms with Gasteiger partial charge in [0.05, 0.1) is 11.8 Å². The molecule has 0 aromatic rings. The molecule has 0 saturated carbocycles. The Bertz CT molecular complexity index is 777. The molecule has 10 heteroatoms. The van der Waals surface area contributed by atoms with Crippen LogP contribution in [0.4, 0.5) is 4.79 Å². The minimum absolute atomic E-state index is 0.00541. The largest absolute Gasteiger partial charge is 0.352 e. The molecule has 33 heavy (non-hydrogen) atoms. The fourth-order valence-corrected chi connectivity index (χ4v) is 4.23. The van der Waals surface area contributed by atoms with Crippen LogP contribution in [0, 0.1) is 17.8 Å². The van der Waals surface area contributed by atoms with Crippen LogP contribution in [0.3, 0.4) is 0 Å². The molecule has 0 spiro atoms. The van der Waals surface area contributed by atoms with Crippen molar-refractivity contribution < 1.29 is 27.6 Å². The van der Waals surface area contributed by atoms with Gasteiger partial charge in [0.2, 0.25) is 5.91 Å². The molecule has 2 atom stereocenters. The average Bonchev–Trinajstić information content (AvgIpc) is 2.72. The summed E-state index contributed by atoms with van der Waals surface area (Å²) >= 11 is 0. The third kappa shape index (κ3) is 13.8. The Hall–Kier alpha value is -2.23. The lowest BCUT2D eigenvalue weighted by Crippen LogP contribution is -2.45. The summed E-state index contributed by atoms with van der Waals surface area (Å²) in [5.74, 6) is -1.36. The van der Waals surface area contributed by atoms with Crippen molar-refractivity contribution >= 4 is 33.3 Å². The van der Waals surface area contributed by atoms with Gasteiger partial charge in [-0.25, -0.2) is 13.2 Å². The first-order chi connectivity index (χ1) is 15.3. The Balaban J connectivity index is 4.83. The maximum Gasteiger partial charge on any atom is 0.312 e. The van der Waals surface area contributed by atoms with Gasteiger partial charge in [-0.15, -0.1) is 0 Å². The van der Waals surface area contributed by atoms with Crippen LogP contribution >= 0.6 is 0 Å². The van der Waals surface area contributed by atoms with Crippen LogP contribution in [0.1, 0.15) is 72.6 Å². The van der Waals surface area contributed by atoms with Crippen LogP contribution in [0.2, 0.25) is 0 Å². The second-order valence-corrected chi connectivity index (χ2v) is 11.1. The number of nitrogens with one attached hydrogen (secondary N) is 2. The highest BCUT2D eigenvalue weighted by atomic mass is 32.2. The summed E-state index contributed by atoms with van der Waals surface area (Å²) in [6.07, 6.45) is 2.70. The van der Waals surface area contributed by atoms with Crippen LogP contribution < -0.4 is 16.4 Å². The minimum atomic E-state index is -3.24. The van der Waals surface area contributed by atoms with E-state index in [4.69, 9.17) is 5.73 Å². The van der Waals surface area contributed by atoms with Gasteiger partial charge in [-0.1, -0.05) is 40.7 Å². The van der Waals surface area contributed by atoms with E-state index in [1.807, 2.05) is 13.8 Å². The van der Waals surface area contributed by atoms with Gasteiger partial charge in [-0.05, 0) is 31.6 Å². The quantitative estimate of drug-likeness (QED) is 0.253. The molecule has 0 aliphatic carbocycles. The summed E-state index contributed by atoms with van der Waals surface area (Å²) < 4.78 is 22.8. The molecule has 0 aliphatic rings. The normalized spacial score (nSPS) is 13.4. The number of urea groups is 1. The van der Waals surface area contributed by atoms with E-state index in [0.717, 1.165) is 5.41 Å². The van der Waals surface area contributed by atoms with E-state index in [9.17, 15) is 27.6 Å². The molecule has 4 N–H and O–H groups in total. The number of hydrogen-bond acceptors (Lipinski definition) is 6. The third-order valence-electron chi connectivity index (χ3n) is 5.36. The molecule has 0 aromatic carbocycles. The van der Waals surface area contributed by atoms with Crippen LogP contribution in [0.15, 0.2) is 12.0 Å². The number of carbonyl (C=O) groups excluding carboxylic acids is 4. The molecule has 0 radical (unpaired) electrons. The van der Waals surface area contributed by atoms with E-state index in [0.29, 0.717) is 38.6 Å². The van der Waals surface area contributed by atoms with Crippen LogP contribution in [-0.2, 0) is 24.2 Å². The Labute approximate surface area is 198 Å². The second kappa shape index (κ2) is 15.6. The van der Waals surface area contributed by atoms with Crippen LogP contribution in [0.25, 0.3) is 0 Å². The Morgan fingerprint density at radius 1 is 1.00 bits per heavy atom. The number of Topliss-reactive ketones (excluding diaryl/α,β-unsaturated/α-hetero) is 2.